The van der Waals surface area contributed by atoms with E-state index in [1.807, 2.05) is 6.92 Å². The van der Waals surface area contributed by atoms with Crippen LogP contribution in [-0.2, 0) is 4.79 Å². The van der Waals surface area contributed by atoms with E-state index < -0.39 is 0 Å². The molecule has 1 aromatic heterocycles. The summed E-state index contributed by atoms with van der Waals surface area (Å²) >= 11 is 0. The summed E-state index contributed by atoms with van der Waals surface area (Å²) < 4.78 is 0. The van der Waals surface area contributed by atoms with Crippen LogP contribution in [0.3, 0.4) is 0 Å². The van der Waals surface area contributed by atoms with Gasteiger partial charge in [-0.25, -0.2) is 0 Å². The topological polar surface area (TPSA) is 48.1 Å². The minimum atomic E-state index is -0.0673. The molecular weight excluding hydrogens is 286 g/mol. The first-order valence-electron chi connectivity index (χ1n) is 8.48. The van der Waals surface area contributed by atoms with Crippen LogP contribution in [0.25, 0.3) is 16.5 Å². The number of H-pyrrole nitrogens is 1. The first kappa shape index (κ1) is 15.8. The fourth-order valence-corrected chi connectivity index (χ4v) is 3.18. The van der Waals surface area contributed by atoms with Crippen LogP contribution < -0.4 is 5.32 Å². The van der Waals surface area contributed by atoms with Gasteiger partial charge in [-0.3, -0.25) is 9.69 Å². The molecule has 0 fully saturated rings. The second-order valence-electron chi connectivity index (χ2n) is 6.19. The normalized spacial score (nSPS) is 17.0. The molecule has 0 saturated carbocycles. The fraction of sp³-hybridized carbons (Fsp3) is 0.421. The van der Waals surface area contributed by atoms with Crippen molar-refractivity contribution in [1.82, 2.24) is 15.2 Å². The number of rotatable bonds is 5. The molecule has 1 aliphatic heterocycles. The number of amides is 1. The molecule has 1 aromatic carbocycles. The Morgan fingerprint density at radius 2 is 2.22 bits per heavy atom. The lowest BCUT2D eigenvalue weighted by molar-refractivity contribution is -0.125. The molecular formula is C19H25N3O. The van der Waals surface area contributed by atoms with Gasteiger partial charge in [0.25, 0.3) is 0 Å². The van der Waals surface area contributed by atoms with E-state index >= 15 is 0 Å². The maximum absolute atomic E-state index is 12.1. The number of benzene rings is 1. The fourth-order valence-electron chi connectivity index (χ4n) is 3.18. The van der Waals surface area contributed by atoms with E-state index in [0.717, 1.165) is 32.5 Å². The van der Waals surface area contributed by atoms with Crippen LogP contribution in [0.5, 0.6) is 0 Å². The van der Waals surface area contributed by atoms with E-state index in [4.69, 9.17) is 0 Å². The van der Waals surface area contributed by atoms with E-state index in [9.17, 15) is 4.79 Å². The first-order chi connectivity index (χ1) is 11.2. The minimum absolute atomic E-state index is 0.0673. The smallest absolute Gasteiger partial charge is 0.237 e. The van der Waals surface area contributed by atoms with Crippen molar-refractivity contribution in [2.75, 3.05) is 19.6 Å². The highest BCUT2D eigenvalue weighted by atomic mass is 16.2. The SMILES string of the molecule is CCCNC(=O)[C@H](C)N1CC=C(c2c[nH]c3ccccc23)CC1. The van der Waals surface area contributed by atoms with E-state index in [0.29, 0.717) is 0 Å². The highest BCUT2D eigenvalue weighted by molar-refractivity contribution is 5.92. The van der Waals surface area contributed by atoms with Gasteiger partial charge in [-0.2, -0.15) is 0 Å². The monoisotopic (exact) mass is 311 g/mol. The number of aromatic nitrogens is 1. The molecule has 1 aliphatic rings. The molecule has 0 spiro atoms. The summed E-state index contributed by atoms with van der Waals surface area (Å²) in [7, 11) is 0. The predicted octanol–water partition coefficient (Wildman–Crippen LogP) is 3.17. The third-order valence-electron chi connectivity index (χ3n) is 4.65. The summed E-state index contributed by atoms with van der Waals surface area (Å²) in [5.74, 6) is 0.135. The Morgan fingerprint density at radius 3 is 2.96 bits per heavy atom. The zero-order valence-corrected chi connectivity index (χ0v) is 13.9. The lowest BCUT2D eigenvalue weighted by Crippen LogP contribution is -2.46. The molecule has 2 heterocycles. The number of aromatic amines is 1. The molecule has 2 aromatic rings. The van der Waals surface area contributed by atoms with Crippen LogP contribution in [0.1, 0.15) is 32.3 Å². The van der Waals surface area contributed by atoms with Gasteiger partial charge in [-0.15, -0.1) is 0 Å². The van der Waals surface area contributed by atoms with Gasteiger partial charge in [0.15, 0.2) is 0 Å². The van der Waals surface area contributed by atoms with E-state index in [-0.39, 0.29) is 11.9 Å². The molecule has 0 saturated heterocycles. The van der Waals surface area contributed by atoms with Crippen molar-refractivity contribution in [1.29, 1.82) is 0 Å². The maximum Gasteiger partial charge on any atom is 0.237 e. The molecule has 3 rings (SSSR count). The number of carbonyl (C=O) groups is 1. The van der Waals surface area contributed by atoms with Gasteiger partial charge >= 0.3 is 0 Å². The average Bonchev–Trinajstić information content (AvgIpc) is 3.03. The van der Waals surface area contributed by atoms with Crippen molar-refractivity contribution in [2.45, 2.75) is 32.7 Å². The molecule has 1 amide bonds. The van der Waals surface area contributed by atoms with Crippen molar-refractivity contribution in [3.8, 4) is 0 Å². The Balaban J connectivity index is 1.70. The van der Waals surface area contributed by atoms with Crippen molar-refractivity contribution < 1.29 is 4.79 Å². The average molecular weight is 311 g/mol. The maximum atomic E-state index is 12.1. The van der Waals surface area contributed by atoms with Gasteiger partial charge in [-0.1, -0.05) is 31.2 Å². The molecule has 1 atom stereocenters. The summed E-state index contributed by atoms with van der Waals surface area (Å²) in [4.78, 5) is 17.7. The summed E-state index contributed by atoms with van der Waals surface area (Å²) in [5.41, 5.74) is 3.85. The molecule has 23 heavy (non-hydrogen) atoms. The van der Waals surface area contributed by atoms with Gasteiger partial charge in [0.05, 0.1) is 6.04 Å². The second kappa shape index (κ2) is 7.01. The predicted molar refractivity (Wildman–Crippen MR) is 95.2 cm³/mol. The van der Waals surface area contributed by atoms with E-state index in [1.165, 1.54) is 22.0 Å². The number of nitrogens with zero attached hydrogens (tertiary/aromatic N) is 1. The number of hydrogen-bond donors (Lipinski definition) is 2. The van der Waals surface area contributed by atoms with Crippen LogP contribution >= 0.6 is 0 Å². The van der Waals surface area contributed by atoms with E-state index in [1.54, 1.807) is 0 Å². The third-order valence-corrected chi connectivity index (χ3v) is 4.65. The van der Waals surface area contributed by atoms with Gasteiger partial charge in [0.2, 0.25) is 5.91 Å². The Bertz CT molecular complexity index is 716. The number of nitrogens with one attached hydrogen (secondary N) is 2. The molecule has 0 bridgehead atoms. The van der Waals surface area contributed by atoms with Crippen LogP contribution in [0, 0.1) is 0 Å². The Kier molecular flexibility index (Phi) is 4.82. The quantitative estimate of drug-likeness (QED) is 0.891. The molecule has 0 unspecified atom stereocenters. The highest BCUT2D eigenvalue weighted by Gasteiger charge is 2.23. The summed E-state index contributed by atoms with van der Waals surface area (Å²) in [5, 5.41) is 4.26. The minimum Gasteiger partial charge on any atom is -0.361 e. The summed E-state index contributed by atoms with van der Waals surface area (Å²) in [6, 6.07) is 8.33. The highest BCUT2D eigenvalue weighted by Crippen LogP contribution is 2.29. The summed E-state index contributed by atoms with van der Waals surface area (Å²) in [6.07, 6.45) is 6.32. The Labute approximate surface area is 137 Å². The molecule has 4 nitrogen and oxygen atoms in total. The summed E-state index contributed by atoms with van der Waals surface area (Å²) in [6.45, 7) is 6.58. The van der Waals surface area contributed by atoms with Gasteiger partial charge in [0.1, 0.15) is 0 Å². The first-order valence-corrected chi connectivity index (χ1v) is 8.48. The van der Waals surface area contributed by atoms with Crippen LogP contribution in [0.4, 0.5) is 0 Å². The van der Waals surface area contributed by atoms with Crippen molar-refractivity contribution >= 4 is 22.4 Å². The van der Waals surface area contributed by atoms with Crippen molar-refractivity contribution in [3.63, 3.8) is 0 Å². The van der Waals surface area contributed by atoms with Crippen LogP contribution in [-0.4, -0.2) is 41.5 Å². The van der Waals surface area contributed by atoms with E-state index in [2.05, 4.69) is 58.7 Å². The number of carbonyl (C=O) groups excluding carboxylic acids is 1. The molecule has 0 radical (unpaired) electrons. The molecule has 2 N–H and O–H groups in total. The molecule has 4 heteroatoms. The zero-order valence-electron chi connectivity index (χ0n) is 13.9. The second-order valence-corrected chi connectivity index (χ2v) is 6.19. The standard InChI is InChI=1S/C19H25N3O/c1-3-10-20-19(23)14(2)22-11-8-15(9-12-22)17-13-21-18-7-5-4-6-16(17)18/h4-8,13-14,21H,3,9-12H2,1-2H3,(H,20,23)/t14-/m0/s1. The van der Waals surface area contributed by atoms with Crippen LogP contribution in [0.2, 0.25) is 0 Å². The lowest BCUT2D eigenvalue weighted by Gasteiger charge is -2.31. The van der Waals surface area contributed by atoms with Gasteiger partial charge < -0.3 is 10.3 Å². The Morgan fingerprint density at radius 1 is 1.39 bits per heavy atom. The number of para-hydroxylation sites is 1. The van der Waals surface area contributed by atoms with Gasteiger partial charge in [-0.05, 0) is 31.4 Å². The number of fused-ring (bicyclic) bond motifs is 1. The van der Waals surface area contributed by atoms with Crippen molar-refractivity contribution in [2.24, 2.45) is 0 Å². The third kappa shape index (κ3) is 3.32. The molecule has 122 valence electrons. The van der Waals surface area contributed by atoms with Crippen LogP contribution in [0.15, 0.2) is 36.5 Å². The lowest BCUT2D eigenvalue weighted by atomic mass is 9.98. The Hall–Kier alpha value is -2.07. The largest absolute Gasteiger partial charge is 0.361 e. The zero-order chi connectivity index (χ0) is 16.2. The number of hydrogen-bond acceptors (Lipinski definition) is 2. The van der Waals surface area contributed by atoms with Crippen molar-refractivity contribution in [3.05, 3.63) is 42.1 Å². The molecule has 0 aliphatic carbocycles. The van der Waals surface area contributed by atoms with Gasteiger partial charge in [0, 0.05) is 42.3 Å².